The van der Waals surface area contributed by atoms with Gasteiger partial charge in [-0.1, -0.05) is 0 Å². The first-order valence-corrected chi connectivity index (χ1v) is 7.88. The van der Waals surface area contributed by atoms with Gasteiger partial charge in [-0.25, -0.2) is 4.79 Å². The average molecular weight is 290 g/mol. The molecule has 1 saturated heterocycles. The second-order valence-electron chi connectivity index (χ2n) is 5.85. The van der Waals surface area contributed by atoms with Crippen LogP contribution in [0.2, 0.25) is 0 Å². The van der Waals surface area contributed by atoms with Gasteiger partial charge in [0.2, 0.25) is 0 Å². The largest absolute Gasteiger partial charge is 0.462 e. The van der Waals surface area contributed by atoms with Crippen LogP contribution in [0, 0.1) is 0 Å². The molecule has 21 heavy (non-hydrogen) atoms. The summed E-state index contributed by atoms with van der Waals surface area (Å²) >= 11 is 0. The van der Waals surface area contributed by atoms with E-state index in [9.17, 15) is 4.79 Å². The van der Waals surface area contributed by atoms with Gasteiger partial charge in [0.15, 0.2) is 0 Å². The Labute approximate surface area is 127 Å². The molecular formula is C17H26N2O2. The molecule has 4 nitrogen and oxygen atoms in total. The predicted molar refractivity (Wildman–Crippen MR) is 85.8 cm³/mol. The number of anilines is 1. The predicted octanol–water partition coefficient (Wildman–Crippen LogP) is 3.15. The van der Waals surface area contributed by atoms with Crippen molar-refractivity contribution in [2.45, 2.75) is 45.7 Å². The molecule has 0 aliphatic carbocycles. The molecule has 116 valence electrons. The minimum atomic E-state index is -0.255. The number of carbonyl (C=O) groups excluding carboxylic acids is 1. The van der Waals surface area contributed by atoms with Gasteiger partial charge in [-0.15, -0.1) is 0 Å². The van der Waals surface area contributed by atoms with Crippen molar-refractivity contribution in [2.24, 2.45) is 0 Å². The fourth-order valence-corrected chi connectivity index (χ4v) is 2.71. The van der Waals surface area contributed by atoms with Gasteiger partial charge in [-0.05, 0) is 57.9 Å². The lowest BCUT2D eigenvalue weighted by Gasteiger charge is -2.35. The Morgan fingerprint density at radius 2 is 1.90 bits per heavy atom. The molecule has 0 atom stereocenters. The molecule has 0 aromatic heterocycles. The lowest BCUT2D eigenvalue weighted by atomic mass is 10.0. The number of nitrogens with one attached hydrogen (secondary N) is 1. The first kappa shape index (κ1) is 15.8. The Bertz CT molecular complexity index is 448. The molecule has 1 fully saturated rings. The van der Waals surface area contributed by atoms with Crippen molar-refractivity contribution in [3.8, 4) is 0 Å². The summed E-state index contributed by atoms with van der Waals surface area (Å²) < 4.78 is 4.99. The highest BCUT2D eigenvalue weighted by Gasteiger charge is 2.20. The van der Waals surface area contributed by atoms with Crippen LogP contribution in [-0.2, 0) is 4.74 Å². The number of carbonyl (C=O) groups is 1. The molecule has 1 aromatic rings. The van der Waals surface area contributed by atoms with Gasteiger partial charge in [0.1, 0.15) is 0 Å². The Balaban J connectivity index is 1.85. The fourth-order valence-electron chi connectivity index (χ4n) is 2.71. The van der Waals surface area contributed by atoms with E-state index in [1.54, 1.807) is 0 Å². The van der Waals surface area contributed by atoms with Crippen LogP contribution < -0.4 is 5.32 Å². The van der Waals surface area contributed by atoms with Gasteiger partial charge in [0, 0.05) is 30.9 Å². The van der Waals surface area contributed by atoms with Gasteiger partial charge < -0.3 is 15.0 Å². The van der Waals surface area contributed by atoms with Crippen LogP contribution >= 0.6 is 0 Å². The molecule has 1 aliphatic rings. The maximum atomic E-state index is 11.6. The molecule has 2 rings (SSSR count). The van der Waals surface area contributed by atoms with Crippen LogP contribution in [0.5, 0.6) is 0 Å². The van der Waals surface area contributed by atoms with Gasteiger partial charge >= 0.3 is 5.97 Å². The quantitative estimate of drug-likeness (QED) is 0.846. The first-order chi connectivity index (χ1) is 10.1. The van der Waals surface area contributed by atoms with Crippen molar-refractivity contribution >= 4 is 11.7 Å². The fraction of sp³-hybridized carbons (Fsp3) is 0.588. The zero-order valence-corrected chi connectivity index (χ0v) is 13.3. The van der Waals surface area contributed by atoms with Crippen molar-refractivity contribution in [1.29, 1.82) is 0 Å². The smallest absolute Gasteiger partial charge is 0.338 e. The van der Waals surface area contributed by atoms with Crippen molar-refractivity contribution in [1.82, 2.24) is 4.90 Å². The minimum absolute atomic E-state index is 0.255. The van der Waals surface area contributed by atoms with E-state index in [0.717, 1.165) is 31.6 Å². The van der Waals surface area contributed by atoms with Gasteiger partial charge in [-0.2, -0.15) is 0 Å². The van der Waals surface area contributed by atoms with Crippen LogP contribution in [0.4, 0.5) is 5.69 Å². The van der Waals surface area contributed by atoms with Crippen LogP contribution in [0.1, 0.15) is 44.0 Å². The molecule has 0 saturated carbocycles. The topological polar surface area (TPSA) is 41.6 Å². The van der Waals surface area contributed by atoms with Crippen LogP contribution in [-0.4, -0.2) is 42.6 Å². The van der Waals surface area contributed by atoms with E-state index in [1.807, 2.05) is 31.2 Å². The van der Waals surface area contributed by atoms with Crippen LogP contribution in [0.3, 0.4) is 0 Å². The number of ether oxygens (including phenoxy) is 1. The molecule has 1 aromatic carbocycles. The Hall–Kier alpha value is -1.55. The molecule has 0 bridgehead atoms. The summed E-state index contributed by atoms with van der Waals surface area (Å²) in [7, 11) is 0. The molecule has 0 amide bonds. The number of rotatable bonds is 5. The van der Waals surface area contributed by atoms with E-state index in [2.05, 4.69) is 24.1 Å². The number of likely N-dealkylation sites (tertiary alicyclic amines) is 1. The average Bonchev–Trinajstić information content (AvgIpc) is 2.49. The summed E-state index contributed by atoms with van der Waals surface area (Å²) in [6.45, 7) is 9.03. The molecule has 0 spiro atoms. The molecule has 1 aliphatic heterocycles. The highest BCUT2D eigenvalue weighted by Crippen LogP contribution is 2.18. The summed E-state index contributed by atoms with van der Waals surface area (Å²) in [6.07, 6.45) is 2.33. The summed E-state index contributed by atoms with van der Waals surface area (Å²) in [5.74, 6) is -0.255. The van der Waals surface area contributed by atoms with E-state index in [1.165, 1.54) is 0 Å². The minimum Gasteiger partial charge on any atom is -0.462 e. The number of piperidine rings is 1. The standard InChI is InChI=1S/C17H26N2O2/c1-4-21-17(20)14-5-7-15(8-6-14)18-16-9-11-19(12-10-16)13(2)3/h5-8,13,16,18H,4,9-12H2,1-3H3. The maximum Gasteiger partial charge on any atom is 0.338 e. The van der Waals surface area contributed by atoms with E-state index >= 15 is 0 Å². The van der Waals surface area contributed by atoms with Gasteiger partial charge in [0.25, 0.3) is 0 Å². The number of benzene rings is 1. The van der Waals surface area contributed by atoms with Gasteiger partial charge in [0.05, 0.1) is 12.2 Å². The maximum absolute atomic E-state index is 11.6. The summed E-state index contributed by atoms with van der Waals surface area (Å²) in [4.78, 5) is 14.1. The molecular weight excluding hydrogens is 264 g/mol. The molecule has 4 heteroatoms. The Kier molecular flexibility index (Phi) is 5.62. The van der Waals surface area contributed by atoms with Crippen molar-refractivity contribution in [2.75, 3.05) is 25.0 Å². The highest BCUT2D eigenvalue weighted by molar-refractivity contribution is 5.89. The van der Waals surface area contributed by atoms with E-state index in [0.29, 0.717) is 24.3 Å². The number of hydrogen-bond donors (Lipinski definition) is 1. The van der Waals surface area contributed by atoms with Crippen LogP contribution in [0.15, 0.2) is 24.3 Å². The monoisotopic (exact) mass is 290 g/mol. The number of hydrogen-bond acceptors (Lipinski definition) is 4. The summed E-state index contributed by atoms with van der Waals surface area (Å²) in [6, 6.07) is 8.72. The third-order valence-corrected chi connectivity index (χ3v) is 4.03. The lowest BCUT2D eigenvalue weighted by molar-refractivity contribution is 0.0526. The first-order valence-electron chi connectivity index (χ1n) is 7.88. The Morgan fingerprint density at radius 1 is 1.29 bits per heavy atom. The second-order valence-corrected chi connectivity index (χ2v) is 5.85. The van der Waals surface area contributed by atoms with Crippen molar-refractivity contribution < 1.29 is 9.53 Å². The van der Waals surface area contributed by atoms with E-state index in [-0.39, 0.29) is 5.97 Å². The van der Waals surface area contributed by atoms with E-state index < -0.39 is 0 Å². The third kappa shape index (κ3) is 4.46. The van der Waals surface area contributed by atoms with Crippen LogP contribution in [0.25, 0.3) is 0 Å². The summed E-state index contributed by atoms with van der Waals surface area (Å²) in [5, 5.41) is 3.56. The lowest BCUT2D eigenvalue weighted by Crippen LogP contribution is -2.42. The molecule has 1 heterocycles. The number of esters is 1. The molecule has 1 N–H and O–H groups in total. The van der Waals surface area contributed by atoms with Crippen molar-refractivity contribution in [3.63, 3.8) is 0 Å². The SMILES string of the molecule is CCOC(=O)c1ccc(NC2CCN(C(C)C)CC2)cc1. The van der Waals surface area contributed by atoms with Gasteiger partial charge in [-0.3, -0.25) is 0 Å². The zero-order chi connectivity index (χ0) is 15.2. The van der Waals surface area contributed by atoms with E-state index in [4.69, 9.17) is 4.74 Å². The van der Waals surface area contributed by atoms with Crippen molar-refractivity contribution in [3.05, 3.63) is 29.8 Å². The highest BCUT2D eigenvalue weighted by atomic mass is 16.5. The molecule has 0 radical (unpaired) electrons. The number of nitrogens with zero attached hydrogens (tertiary/aromatic N) is 1. The second kappa shape index (κ2) is 7.46. The Morgan fingerprint density at radius 3 is 2.43 bits per heavy atom. The zero-order valence-electron chi connectivity index (χ0n) is 13.3. The molecule has 0 unspecified atom stereocenters. The normalized spacial score (nSPS) is 17.0. The summed E-state index contributed by atoms with van der Waals surface area (Å²) in [5.41, 5.74) is 1.68. The third-order valence-electron chi connectivity index (χ3n) is 4.03.